The number of rotatable bonds is 2. The first-order chi connectivity index (χ1) is 9.67. The number of carbonyl (C=O) groups is 1. The van der Waals surface area contributed by atoms with E-state index in [0.717, 1.165) is 22.4 Å². The van der Waals surface area contributed by atoms with Crippen molar-refractivity contribution in [2.24, 2.45) is 0 Å². The van der Waals surface area contributed by atoms with E-state index in [4.69, 9.17) is 4.74 Å². The molecule has 2 aromatic carbocycles. The predicted molar refractivity (Wildman–Crippen MR) is 88.7 cm³/mol. The van der Waals surface area contributed by atoms with Gasteiger partial charge in [0.2, 0.25) is 0 Å². The van der Waals surface area contributed by atoms with Crippen LogP contribution in [0.3, 0.4) is 0 Å². The van der Waals surface area contributed by atoms with Crippen LogP contribution in [0.15, 0.2) is 42.5 Å². The van der Waals surface area contributed by atoms with Crippen LogP contribution in [-0.4, -0.2) is 23.0 Å². The number of nitrogens with zero attached hydrogens (tertiary/aromatic N) is 1. The third-order valence-corrected chi connectivity index (χ3v) is 3.23. The highest BCUT2D eigenvalue weighted by molar-refractivity contribution is 6.92. The van der Waals surface area contributed by atoms with E-state index in [1.165, 1.54) is 12.7 Å². The van der Waals surface area contributed by atoms with E-state index in [1.807, 2.05) is 37.3 Å². The summed E-state index contributed by atoms with van der Waals surface area (Å²) in [6.07, 6.45) is 0. The standard InChI is InChI=1S/C16H14N2O2.H3P/c1-10-3-5-11(6-4-10)15-17-13-8-7-12(16(19)20-2)9-14(13)18-15;/h3-9H,1-2H3,(H,17,18);1H3. The molecule has 0 saturated carbocycles. The van der Waals surface area contributed by atoms with Crippen molar-refractivity contribution in [1.29, 1.82) is 0 Å². The Bertz CT molecular complexity index is 779. The van der Waals surface area contributed by atoms with Gasteiger partial charge in [0.15, 0.2) is 0 Å². The summed E-state index contributed by atoms with van der Waals surface area (Å²) in [6.45, 7) is 2.05. The molecule has 1 heterocycles. The fraction of sp³-hybridized carbons (Fsp3) is 0.125. The van der Waals surface area contributed by atoms with Crippen LogP contribution in [0.2, 0.25) is 0 Å². The number of methoxy groups -OCH3 is 1. The van der Waals surface area contributed by atoms with Gasteiger partial charge in [-0.1, -0.05) is 29.8 Å². The summed E-state index contributed by atoms with van der Waals surface area (Å²) in [5.41, 5.74) is 4.39. The fourth-order valence-corrected chi connectivity index (χ4v) is 2.10. The molecule has 21 heavy (non-hydrogen) atoms. The molecule has 0 amide bonds. The van der Waals surface area contributed by atoms with E-state index in [9.17, 15) is 4.79 Å². The Hall–Kier alpha value is -2.19. The quantitative estimate of drug-likeness (QED) is 0.583. The van der Waals surface area contributed by atoms with Crippen LogP contribution < -0.4 is 0 Å². The number of fused-ring (bicyclic) bond motifs is 1. The van der Waals surface area contributed by atoms with Gasteiger partial charge in [0, 0.05) is 5.56 Å². The second-order valence-corrected chi connectivity index (χ2v) is 4.67. The molecule has 1 unspecified atom stereocenters. The van der Waals surface area contributed by atoms with Crippen molar-refractivity contribution in [2.75, 3.05) is 7.11 Å². The molecule has 0 aliphatic rings. The SMILES string of the molecule is COC(=O)c1ccc2nc(-c3ccc(C)cc3)[nH]c2c1.P. The van der Waals surface area contributed by atoms with E-state index >= 15 is 0 Å². The molecule has 0 aliphatic heterocycles. The second-order valence-electron chi connectivity index (χ2n) is 4.67. The molecule has 0 bridgehead atoms. The van der Waals surface area contributed by atoms with Crippen molar-refractivity contribution < 1.29 is 9.53 Å². The smallest absolute Gasteiger partial charge is 0.337 e. The third kappa shape index (κ3) is 2.96. The summed E-state index contributed by atoms with van der Waals surface area (Å²) in [5.74, 6) is 0.445. The fourth-order valence-electron chi connectivity index (χ4n) is 2.10. The Balaban J connectivity index is 0.00000161. The highest BCUT2D eigenvalue weighted by Crippen LogP contribution is 2.21. The summed E-state index contributed by atoms with van der Waals surface area (Å²) in [7, 11) is 1.37. The van der Waals surface area contributed by atoms with Crippen LogP contribution in [0, 0.1) is 6.92 Å². The van der Waals surface area contributed by atoms with Crippen LogP contribution in [0.1, 0.15) is 15.9 Å². The van der Waals surface area contributed by atoms with Crippen molar-refractivity contribution in [1.82, 2.24) is 9.97 Å². The maximum atomic E-state index is 11.5. The average molecular weight is 300 g/mol. The molecule has 1 atom stereocenters. The number of nitrogens with one attached hydrogen (secondary N) is 1. The lowest BCUT2D eigenvalue weighted by atomic mass is 10.1. The molecule has 3 aromatic rings. The van der Waals surface area contributed by atoms with E-state index in [2.05, 4.69) is 9.97 Å². The third-order valence-electron chi connectivity index (χ3n) is 3.23. The van der Waals surface area contributed by atoms with E-state index < -0.39 is 0 Å². The van der Waals surface area contributed by atoms with Gasteiger partial charge < -0.3 is 9.72 Å². The topological polar surface area (TPSA) is 55.0 Å². The van der Waals surface area contributed by atoms with Crippen LogP contribution in [0.5, 0.6) is 0 Å². The Kier molecular flexibility index (Phi) is 4.39. The number of aromatic amines is 1. The summed E-state index contributed by atoms with van der Waals surface area (Å²) < 4.78 is 4.72. The summed E-state index contributed by atoms with van der Waals surface area (Å²) >= 11 is 0. The molecule has 0 radical (unpaired) electrons. The second kappa shape index (κ2) is 6.06. The highest BCUT2D eigenvalue weighted by atomic mass is 31.0. The minimum Gasteiger partial charge on any atom is -0.465 e. The van der Waals surface area contributed by atoms with Crippen molar-refractivity contribution in [3.63, 3.8) is 0 Å². The van der Waals surface area contributed by atoms with Gasteiger partial charge in [-0.05, 0) is 25.1 Å². The zero-order valence-electron chi connectivity index (χ0n) is 12.0. The molecule has 0 aliphatic carbocycles. The lowest BCUT2D eigenvalue weighted by Gasteiger charge is -1.97. The number of ether oxygens (including phenoxy) is 1. The molecule has 1 N–H and O–H groups in total. The lowest BCUT2D eigenvalue weighted by Crippen LogP contribution is -2.00. The van der Waals surface area contributed by atoms with Gasteiger partial charge in [-0.3, -0.25) is 0 Å². The number of carbonyl (C=O) groups excluding carboxylic acids is 1. The number of H-pyrrole nitrogens is 1. The predicted octanol–water partition coefficient (Wildman–Crippen LogP) is 3.38. The molecular formula is C16H17N2O2P. The van der Waals surface area contributed by atoms with Crippen LogP contribution in [-0.2, 0) is 4.74 Å². The first-order valence-corrected chi connectivity index (χ1v) is 6.32. The normalized spacial score (nSPS) is 10.2. The van der Waals surface area contributed by atoms with Gasteiger partial charge in [-0.25, -0.2) is 9.78 Å². The van der Waals surface area contributed by atoms with Crippen LogP contribution >= 0.6 is 9.90 Å². The highest BCUT2D eigenvalue weighted by Gasteiger charge is 2.09. The number of benzene rings is 2. The Morgan fingerprint density at radius 1 is 1.14 bits per heavy atom. The van der Waals surface area contributed by atoms with E-state index in [-0.39, 0.29) is 15.9 Å². The van der Waals surface area contributed by atoms with Gasteiger partial charge in [-0.15, -0.1) is 0 Å². The van der Waals surface area contributed by atoms with Gasteiger partial charge in [0.25, 0.3) is 0 Å². The molecule has 0 saturated heterocycles. The number of imidazole rings is 1. The number of hydrogen-bond donors (Lipinski definition) is 1. The van der Waals surface area contributed by atoms with Crippen molar-refractivity contribution in [2.45, 2.75) is 6.92 Å². The van der Waals surface area contributed by atoms with E-state index in [1.54, 1.807) is 12.1 Å². The molecule has 0 spiro atoms. The lowest BCUT2D eigenvalue weighted by molar-refractivity contribution is 0.0601. The maximum absolute atomic E-state index is 11.5. The number of aromatic nitrogens is 2. The summed E-state index contributed by atoms with van der Waals surface area (Å²) in [5, 5.41) is 0. The molecule has 0 fully saturated rings. The van der Waals surface area contributed by atoms with Gasteiger partial charge in [0.05, 0.1) is 23.7 Å². The molecule has 4 nitrogen and oxygen atoms in total. The Morgan fingerprint density at radius 2 is 1.86 bits per heavy atom. The molecule has 108 valence electrons. The largest absolute Gasteiger partial charge is 0.465 e. The minimum absolute atomic E-state index is 0. The first-order valence-electron chi connectivity index (χ1n) is 6.32. The number of esters is 1. The number of aryl methyl sites for hydroxylation is 1. The maximum Gasteiger partial charge on any atom is 0.337 e. The van der Waals surface area contributed by atoms with Crippen molar-refractivity contribution in [3.05, 3.63) is 53.6 Å². The summed E-state index contributed by atoms with van der Waals surface area (Å²) in [4.78, 5) is 19.3. The average Bonchev–Trinajstić information content (AvgIpc) is 2.90. The summed E-state index contributed by atoms with van der Waals surface area (Å²) in [6, 6.07) is 13.4. The first kappa shape index (κ1) is 15.2. The number of hydrogen-bond acceptors (Lipinski definition) is 3. The van der Waals surface area contributed by atoms with Crippen molar-refractivity contribution in [3.8, 4) is 11.4 Å². The molecule has 3 rings (SSSR count). The molecule has 1 aromatic heterocycles. The van der Waals surface area contributed by atoms with Gasteiger partial charge >= 0.3 is 5.97 Å². The van der Waals surface area contributed by atoms with E-state index in [0.29, 0.717) is 5.56 Å². The molecule has 5 heteroatoms. The molecular weight excluding hydrogens is 283 g/mol. The van der Waals surface area contributed by atoms with Gasteiger partial charge in [0.1, 0.15) is 5.82 Å². The van der Waals surface area contributed by atoms with Crippen molar-refractivity contribution >= 4 is 26.9 Å². The zero-order chi connectivity index (χ0) is 14.1. The van der Waals surface area contributed by atoms with Gasteiger partial charge in [-0.2, -0.15) is 9.90 Å². The minimum atomic E-state index is -0.349. The zero-order valence-corrected chi connectivity index (χ0v) is 13.4. The Labute approximate surface area is 126 Å². The van der Waals surface area contributed by atoms with Crippen LogP contribution in [0.4, 0.5) is 0 Å². The Morgan fingerprint density at radius 3 is 2.52 bits per heavy atom. The van der Waals surface area contributed by atoms with Crippen LogP contribution in [0.25, 0.3) is 22.4 Å². The monoisotopic (exact) mass is 300 g/mol.